The molecule has 1 aromatic rings. The van der Waals surface area contributed by atoms with Gasteiger partial charge in [0.15, 0.2) is 0 Å². The van der Waals surface area contributed by atoms with Crippen LogP contribution >= 0.6 is 0 Å². The minimum Gasteiger partial charge on any atom is -0.399 e. The van der Waals surface area contributed by atoms with E-state index in [0.717, 1.165) is 12.8 Å². The average molecular weight is 293 g/mol. The molecule has 5 nitrogen and oxygen atoms in total. The van der Waals surface area contributed by atoms with Crippen molar-refractivity contribution in [2.45, 2.75) is 19.8 Å². The Morgan fingerprint density at radius 1 is 1.33 bits per heavy atom. The van der Waals surface area contributed by atoms with Crippen LogP contribution in [0, 0.1) is 11.7 Å². The molecular weight excluding hydrogens is 273 g/mol. The van der Waals surface area contributed by atoms with Crippen LogP contribution in [0.15, 0.2) is 18.2 Å². The second kappa shape index (κ2) is 6.56. The first-order valence-electron chi connectivity index (χ1n) is 7.05. The molecule has 0 atom stereocenters. The molecule has 114 valence electrons. The summed E-state index contributed by atoms with van der Waals surface area (Å²) in [6, 6.07) is 3.90. The largest absolute Gasteiger partial charge is 0.399 e. The standard InChI is InChI=1S/C15H20FN3O2/c1-10(20)18-9-11-2-4-19(5-3-11)15(21)12-6-13(16)8-14(17)7-12/h6-8,11H,2-5,9,17H2,1H3,(H,18,20). The number of carbonyl (C=O) groups is 2. The number of benzene rings is 1. The van der Waals surface area contributed by atoms with E-state index < -0.39 is 5.82 Å². The Morgan fingerprint density at radius 3 is 2.57 bits per heavy atom. The van der Waals surface area contributed by atoms with E-state index in [4.69, 9.17) is 5.73 Å². The average Bonchev–Trinajstić information content (AvgIpc) is 2.44. The first kappa shape index (κ1) is 15.3. The molecule has 1 saturated heterocycles. The highest BCUT2D eigenvalue weighted by Crippen LogP contribution is 2.20. The number of nitrogens with one attached hydrogen (secondary N) is 1. The van der Waals surface area contributed by atoms with Gasteiger partial charge in [-0.1, -0.05) is 0 Å². The molecule has 0 bridgehead atoms. The van der Waals surface area contributed by atoms with Crippen LogP contribution in [-0.2, 0) is 4.79 Å². The number of nitrogen functional groups attached to an aromatic ring is 1. The van der Waals surface area contributed by atoms with Gasteiger partial charge in [0.1, 0.15) is 5.82 Å². The number of rotatable bonds is 3. The normalized spacial score (nSPS) is 15.8. The van der Waals surface area contributed by atoms with Crippen molar-refractivity contribution >= 4 is 17.5 Å². The molecule has 0 spiro atoms. The van der Waals surface area contributed by atoms with Crippen molar-refractivity contribution in [2.75, 3.05) is 25.4 Å². The molecule has 1 fully saturated rings. The molecule has 2 rings (SSSR count). The molecule has 0 radical (unpaired) electrons. The lowest BCUT2D eigenvalue weighted by molar-refractivity contribution is -0.119. The number of nitrogens with two attached hydrogens (primary N) is 1. The zero-order valence-electron chi connectivity index (χ0n) is 12.1. The van der Waals surface area contributed by atoms with Gasteiger partial charge in [0, 0.05) is 37.8 Å². The summed E-state index contributed by atoms with van der Waals surface area (Å²) < 4.78 is 13.3. The zero-order valence-corrected chi connectivity index (χ0v) is 12.1. The van der Waals surface area contributed by atoms with E-state index in [2.05, 4.69) is 5.32 Å². The molecule has 0 aromatic heterocycles. The second-order valence-electron chi connectivity index (χ2n) is 5.45. The summed E-state index contributed by atoms with van der Waals surface area (Å²) in [6.07, 6.45) is 1.66. The van der Waals surface area contributed by atoms with Gasteiger partial charge in [0.2, 0.25) is 5.91 Å². The Hall–Kier alpha value is -2.11. The fourth-order valence-corrected chi connectivity index (χ4v) is 2.55. The quantitative estimate of drug-likeness (QED) is 0.827. The van der Waals surface area contributed by atoms with Gasteiger partial charge in [-0.05, 0) is 37.0 Å². The van der Waals surface area contributed by atoms with E-state index >= 15 is 0 Å². The molecule has 1 aromatic carbocycles. The van der Waals surface area contributed by atoms with Crippen LogP contribution in [-0.4, -0.2) is 36.3 Å². The van der Waals surface area contributed by atoms with Gasteiger partial charge >= 0.3 is 0 Å². The maximum Gasteiger partial charge on any atom is 0.254 e. The monoisotopic (exact) mass is 293 g/mol. The number of carbonyl (C=O) groups excluding carboxylic acids is 2. The van der Waals surface area contributed by atoms with Gasteiger partial charge in [-0.25, -0.2) is 4.39 Å². The molecular formula is C15H20FN3O2. The van der Waals surface area contributed by atoms with Crippen molar-refractivity contribution in [3.05, 3.63) is 29.6 Å². The minimum atomic E-state index is -0.501. The summed E-state index contributed by atoms with van der Waals surface area (Å²) in [4.78, 5) is 24.9. The molecule has 2 amide bonds. The molecule has 6 heteroatoms. The highest BCUT2D eigenvalue weighted by Gasteiger charge is 2.24. The summed E-state index contributed by atoms with van der Waals surface area (Å²) in [5.74, 6) is -0.350. The van der Waals surface area contributed by atoms with Crippen LogP contribution in [0.3, 0.4) is 0 Å². The predicted octanol–water partition coefficient (Wildman–Crippen LogP) is 1.40. The second-order valence-corrected chi connectivity index (χ2v) is 5.45. The van der Waals surface area contributed by atoms with Crippen LogP contribution in [0.2, 0.25) is 0 Å². The lowest BCUT2D eigenvalue weighted by Crippen LogP contribution is -2.41. The Labute approximate surface area is 123 Å². The Bertz CT molecular complexity index is 519. The van der Waals surface area contributed by atoms with Crippen LogP contribution < -0.4 is 11.1 Å². The lowest BCUT2D eigenvalue weighted by atomic mass is 9.96. The van der Waals surface area contributed by atoms with Gasteiger partial charge in [0.05, 0.1) is 0 Å². The Balaban J connectivity index is 1.92. The number of nitrogens with zero attached hydrogens (tertiary/aromatic N) is 1. The van der Waals surface area contributed by atoms with E-state index in [1.165, 1.54) is 25.1 Å². The first-order valence-corrected chi connectivity index (χ1v) is 7.05. The zero-order chi connectivity index (χ0) is 15.4. The van der Waals surface area contributed by atoms with Crippen molar-refractivity contribution in [1.82, 2.24) is 10.2 Å². The fraction of sp³-hybridized carbons (Fsp3) is 0.467. The van der Waals surface area contributed by atoms with Crippen LogP contribution in [0.4, 0.5) is 10.1 Å². The number of piperidine rings is 1. The van der Waals surface area contributed by atoms with Gasteiger partial charge in [-0.2, -0.15) is 0 Å². The maximum absolute atomic E-state index is 13.3. The minimum absolute atomic E-state index is 0.0382. The third kappa shape index (κ3) is 4.18. The molecule has 1 aliphatic heterocycles. The van der Waals surface area contributed by atoms with Gasteiger partial charge in [-0.15, -0.1) is 0 Å². The molecule has 0 unspecified atom stereocenters. The maximum atomic E-state index is 13.3. The number of hydrogen-bond donors (Lipinski definition) is 2. The van der Waals surface area contributed by atoms with Crippen LogP contribution in [0.25, 0.3) is 0 Å². The van der Waals surface area contributed by atoms with Crippen molar-refractivity contribution in [1.29, 1.82) is 0 Å². The number of anilines is 1. The third-order valence-electron chi connectivity index (χ3n) is 3.71. The van der Waals surface area contributed by atoms with Gasteiger partial charge < -0.3 is 16.0 Å². The van der Waals surface area contributed by atoms with E-state index in [9.17, 15) is 14.0 Å². The molecule has 0 aliphatic carbocycles. The number of halogens is 1. The summed E-state index contributed by atoms with van der Waals surface area (Å²) in [6.45, 7) is 3.36. The van der Waals surface area contributed by atoms with E-state index in [1.807, 2.05) is 0 Å². The van der Waals surface area contributed by atoms with Crippen LogP contribution in [0.5, 0.6) is 0 Å². The predicted molar refractivity (Wildman–Crippen MR) is 78.1 cm³/mol. The molecule has 3 N–H and O–H groups in total. The molecule has 21 heavy (non-hydrogen) atoms. The van der Waals surface area contributed by atoms with Crippen molar-refractivity contribution < 1.29 is 14.0 Å². The topological polar surface area (TPSA) is 75.4 Å². The SMILES string of the molecule is CC(=O)NCC1CCN(C(=O)c2cc(N)cc(F)c2)CC1. The summed E-state index contributed by atoms with van der Waals surface area (Å²) in [7, 11) is 0. The van der Waals surface area contributed by atoms with Crippen molar-refractivity contribution in [3.8, 4) is 0 Å². The van der Waals surface area contributed by atoms with E-state index in [-0.39, 0.29) is 23.1 Å². The Morgan fingerprint density at radius 2 is 2.00 bits per heavy atom. The van der Waals surface area contributed by atoms with Gasteiger partial charge in [0.25, 0.3) is 5.91 Å². The molecule has 1 aliphatic rings. The lowest BCUT2D eigenvalue weighted by Gasteiger charge is -2.32. The van der Waals surface area contributed by atoms with Crippen molar-refractivity contribution in [3.63, 3.8) is 0 Å². The van der Waals surface area contributed by atoms with E-state index in [0.29, 0.717) is 25.6 Å². The number of hydrogen-bond acceptors (Lipinski definition) is 3. The molecule has 1 heterocycles. The van der Waals surface area contributed by atoms with E-state index in [1.54, 1.807) is 4.90 Å². The van der Waals surface area contributed by atoms with Crippen molar-refractivity contribution in [2.24, 2.45) is 5.92 Å². The summed E-state index contributed by atoms with van der Waals surface area (Å²) in [5, 5.41) is 2.80. The van der Waals surface area contributed by atoms with Gasteiger partial charge in [-0.3, -0.25) is 9.59 Å². The third-order valence-corrected chi connectivity index (χ3v) is 3.71. The highest BCUT2D eigenvalue weighted by molar-refractivity contribution is 5.95. The smallest absolute Gasteiger partial charge is 0.254 e. The number of amides is 2. The molecule has 0 saturated carbocycles. The summed E-state index contributed by atoms with van der Waals surface area (Å²) >= 11 is 0. The summed E-state index contributed by atoms with van der Waals surface area (Å²) in [5.41, 5.74) is 6.10. The highest BCUT2D eigenvalue weighted by atomic mass is 19.1. The van der Waals surface area contributed by atoms with Crippen LogP contribution in [0.1, 0.15) is 30.1 Å². The Kier molecular flexibility index (Phi) is 4.77. The number of likely N-dealkylation sites (tertiary alicyclic amines) is 1. The fourth-order valence-electron chi connectivity index (χ4n) is 2.55. The first-order chi connectivity index (χ1) is 9.95.